The van der Waals surface area contributed by atoms with Crippen molar-refractivity contribution in [1.29, 1.82) is 0 Å². The normalized spacial score (nSPS) is 12.2. The van der Waals surface area contributed by atoms with Crippen molar-refractivity contribution in [3.05, 3.63) is 29.6 Å². The molecule has 0 amide bonds. The van der Waals surface area contributed by atoms with Crippen molar-refractivity contribution >= 4 is 5.97 Å². The fraction of sp³-hybridized carbons (Fsp3) is 0.300. The number of hydrogen-bond acceptors (Lipinski definition) is 3. The summed E-state index contributed by atoms with van der Waals surface area (Å²) in [5, 5.41) is 8.56. The largest absolute Gasteiger partial charge is 0.497 e. The molecule has 0 aliphatic rings. The van der Waals surface area contributed by atoms with Crippen LogP contribution < -0.4 is 10.5 Å². The monoisotopic (exact) mass is 213 g/mol. The molecule has 0 bridgehead atoms. The Morgan fingerprint density at radius 2 is 2.33 bits per heavy atom. The van der Waals surface area contributed by atoms with Crippen molar-refractivity contribution in [3.8, 4) is 5.75 Å². The van der Waals surface area contributed by atoms with Crippen molar-refractivity contribution in [2.45, 2.75) is 12.5 Å². The summed E-state index contributed by atoms with van der Waals surface area (Å²) in [4.78, 5) is 10.5. The number of carboxylic acid groups (broad SMARTS) is 1. The van der Waals surface area contributed by atoms with Gasteiger partial charge in [-0.05, 0) is 11.6 Å². The predicted molar refractivity (Wildman–Crippen MR) is 52.3 cm³/mol. The number of carbonyl (C=O) groups is 1. The number of aliphatic carboxylic acids is 1. The molecule has 3 N–H and O–H groups in total. The summed E-state index contributed by atoms with van der Waals surface area (Å²) < 4.78 is 18.1. The van der Waals surface area contributed by atoms with Gasteiger partial charge in [0.1, 0.15) is 17.6 Å². The molecular weight excluding hydrogens is 201 g/mol. The van der Waals surface area contributed by atoms with E-state index in [1.807, 2.05) is 0 Å². The maximum absolute atomic E-state index is 13.3. The number of hydrogen-bond donors (Lipinski definition) is 2. The lowest BCUT2D eigenvalue weighted by molar-refractivity contribution is -0.138. The number of carboxylic acids is 1. The van der Waals surface area contributed by atoms with Crippen molar-refractivity contribution in [1.82, 2.24) is 0 Å². The Balaban J connectivity index is 2.82. The second kappa shape index (κ2) is 4.75. The predicted octanol–water partition coefficient (Wildman–Crippen LogP) is 0.789. The van der Waals surface area contributed by atoms with Gasteiger partial charge in [-0.1, -0.05) is 6.07 Å². The fourth-order valence-corrected chi connectivity index (χ4v) is 1.14. The Kier molecular flexibility index (Phi) is 3.62. The number of methoxy groups -OCH3 is 1. The first-order valence-electron chi connectivity index (χ1n) is 4.35. The molecule has 1 aromatic rings. The third-order valence-electron chi connectivity index (χ3n) is 2.02. The highest BCUT2D eigenvalue weighted by molar-refractivity contribution is 5.73. The Hall–Kier alpha value is -1.62. The van der Waals surface area contributed by atoms with Crippen molar-refractivity contribution in [2.24, 2.45) is 5.73 Å². The summed E-state index contributed by atoms with van der Waals surface area (Å²) in [5.41, 5.74) is 5.56. The lowest BCUT2D eigenvalue weighted by Crippen LogP contribution is -2.32. The van der Waals surface area contributed by atoms with Gasteiger partial charge in [0.05, 0.1) is 7.11 Å². The molecule has 0 radical (unpaired) electrons. The van der Waals surface area contributed by atoms with E-state index in [0.29, 0.717) is 5.75 Å². The van der Waals surface area contributed by atoms with E-state index in [9.17, 15) is 9.18 Å². The van der Waals surface area contributed by atoms with Gasteiger partial charge in [0, 0.05) is 12.5 Å². The van der Waals surface area contributed by atoms with Crippen molar-refractivity contribution < 1.29 is 19.0 Å². The maximum Gasteiger partial charge on any atom is 0.320 e. The lowest BCUT2D eigenvalue weighted by Gasteiger charge is -2.08. The zero-order valence-corrected chi connectivity index (χ0v) is 8.24. The number of nitrogens with two attached hydrogens (primary N) is 1. The number of ether oxygens (including phenoxy) is 1. The smallest absolute Gasteiger partial charge is 0.320 e. The van der Waals surface area contributed by atoms with Gasteiger partial charge >= 0.3 is 5.97 Å². The van der Waals surface area contributed by atoms with E-state index in [2.05, 4.69) is 0 Å². The van der Waals surface area contributed by atoms with Crippen LogP contribution >= 0.6 is 0 Å². The van der Waals surface area contributed by atoms with Gasteiger partial charge in [0.2, 0.25) is 0 Å². The molecule has 0 saturated heterocycles. The quantitative estimate of drug-likeness (QED) is 0.775. The van der Waals surface area contributed by atoms with Crippen LogP contribution in [0.1, 0.15) is 5.56 Å². The number of benzene rings is 1. The van der Waals surface area contributed by atoms with Crippen LogP contribution in [0.4, 0.5) is 4.39 Å². The highest BCUT2D eigenvalue weighted by Crippen LogP contribution is 2.17. The van der Waals surface area contributed by atoms with Crippen LogP contribution in [0.5, 0.6) is 5.75 Å². The van der Waals surface area contributed by atoms with E-state index in [-0.39, 0.29) is 12.0 Å². The van der Waals surface area contributed by atoms with Gasteiger partial charge in [-0.25, -0.2) is 4.39 Å². The molecule has 1 aromatic carbocycles. The van der Waals surface area contributed by atoms with E-state index in [4.69, 9.17) is 15.6 Å². The number of halogens is 1. The minimum Gasteiger partial charge on any atom is -0.497 e. The molecule has 0 saturated carbocycles. The van der Waals surface area contributed by atoms with E-state index in [0.717, 1.165) is 0 Å². The number of rotatable bonds is 4. The molecule has 82 valence electrons. The molecule has 15 heavy (non-hydrogen) atoms. The summed E-state index contributed by atoms with van der Waals surface area (Å²) >= 11 is 0. The first kappa shape index (κ1) is 11.5. The van der Waals surface area contributed by atoms with Crippen LogP contribution in [0.2, 0.25) is 0 Å². The highest BCUT2D eigenvalue weighted by atomic mass is 19.1. The second-order valence-corrected chi connectivity index (χ2v) is 3.11. The van der Waals surface area contributed by atoms with E-state index >= 15 is 0 Å². The summed E-state index contributed by atoms with van der Waals surface area (Å²) in [6.45, 7) is 0. The molecule has 0 aliphatic carbocycles. The van der Waals surface area contributed by atoms with Crippen LogP contribution in [-0.4, -0.2) is 24.2 Å². The third-order valence-corrected chi connectivity index (χ3v) is 2.02. The van der Waals surface area contributed by atoms with E-state index in [1.165, 1.54) is 19.2 Å². The Bertz CT molecular complexity index is 368. The maximum atomic E-state index is 13.3. The van der Waals surface area contributed by atoms with Gasteiger partial charge in [0.25, 0.3) is 0 Å². The average Bonchev–Trinajstić information content (AvgIpc) is 2.20. The topological polar surface area (TPSA) is 72.5 Å². The first-order chi connectivity index (χ1) is 7.04. The molecule has 4 nitrogen and oxygen atoms in total. The van der Waals surface area contributed by atoms with Crippen LogP contribution in [0.25, 0.3) is 0 Å². The van der Waals surface area contributed by atoms with Gasteiger partial charge in [-0.2, -0.15) is 0 Å². The summed E-state index contributed by atoms with van der Waals surface area (Å²) in [6, 6.07) is 3.14. The van der Waals surface area contributed by atoms with Crippen LogP contribution in [-0.2, 0) is 11.2 Å². The summed E-state index contributed by atoms with van der Waals surface area (Å²) in [5.74, 6) is -1.27. The summed E-state index contributed by atoms with van der Waals surface area (Å²) in [7, 11) is 1.43. The fourth-order valence-electron chi connectivity index (χ4n) is 1.14. The molecule has 1 atom stereocenters. The average molecular weight is 213 g/mol. The Morgan fingerprint density at radius 3 is 2.80 bits per heavy atom. The van der Waals surface area contributed by atoms with Crippen molar-refractivity contribution in [2.75, 3.05) is 7.11 Å². The van der Waals surface area contributed by atoms with Gasteiger partial charge < -0.3 is 15.6 Å². The van der Waals surface area contributed by atoms with E-state index < -0.39 is 17.8 Å². The van der Waals surface area contributed by atoms with Gasteiger partial charge in [0.15, 0.2) is 0 Å². The van der Waals surface area contributed by atoms with E-state index in [1.54, 1.807) is 6.07 Å². The minimum atomic E-state index is -1.15. The van der Waals surface area contributed by atoms with Crippen LogP contribution in [0.15, 0.2) is 18.2 Å². The van der Waals surface area contributed by atoms with Gasteiger partial charge in [-0.3, -0.25) is 4.79 Å². The molecule has 5 heteroatoms. The molecule has 0 aliphatic heterocycles. The zero-order valence-electron chi connectivity index (χ0n) is 8.24. The third kappa shape index (κ3) is 2.92. The molecular formula is C10H12FNO3. The molecule has 0 spiro atoms. The van der Waals surface area contributed by atoms with Gasteiger partial charge in [-0.15, -0.1) is 0 Å². The zero-order chi connectivity index (χ0) is 11.4. The Morgan fingerprint density at radius 1 is 1.67 bits per heavy atom. The van der Waals surface area contributed by atoms with Crippen molar-refractivity contribution in [3.63, 3.8) is 0 Å². The first-order valence-corrected chi connectivity index (χ1v) is 4.35. The molecule has 0 unspecified atom stereocenters. The van der Waals surface area contributed by atoms with Crippen LogP contribution in [0, 0.1) is 5.82 Å². The molecule has 0 aromatic heterocycles. The standard InChI is InChI=1S/C10H12FNO3/c1-15-7-3-2-6(8(11)5-7)4-9(12)10(13)14/h2-3,5,9H,4,12H2,1H3,(H,13,14)/t9-/m1/s1. The second-order valence-electron chi connectivity index (χ2n) is 3.11. The molecule has 0 fully saturated rings. The SMILES string of the molecule is COc1ccc(C[C@@H](N)C(=O)O)c(F)c1. The molecule has 0 heterocycles. The van der Waals surface area contributed by atoms with Crippen LogP contribution in [0.3, 0.4) is 0 Å². The summed E-state index contributed by atoms with van der Waals surface area (Å²) in [6.07, 6.45) is -0.0365. The Labute approximate surface area is 86.5 Å². The minimum absolute atomic E-state index is 0.0365. The molecule has 1 rings (SSSR count). The lowest BCUT2D eigenvalue weighted by atomic mass is 10.1. The highest BCUT2D eigenvalue weighted by Gasteiger charge is 2.14.